The van der Waals surface area contributed by atoms with Crippen LogP contribution in [-0.4, -0.2) is 10.9 Å². The van der Waals surface area contributed by atoms with Crippen molar-refractivity contribution in [1.82, 2.24) is 4.98 Å². The van der Waals surface area contributed by atoms with Gasteiger partial charge in [-0.3, -0.25) is 9.78 Å². The van der Waals surface area contributed by atoms with Gasteiger partial charge in [-0.25, -0.2) is 0 Å². The standard InChI is InChI=1S/C23H24N2OS/c1-2-20(15-19-9-6-14-24-16-19)23(26)25-21-10-12-22(13-11-21)27-17-18-7-4-3-5-8-18/h3-14,16,20H,2,15,17H2,1H3,(H,25,26)/t20-/m0/s1. The predicted molar refractivity (Wildman–Crippen MR) is 113 cm³/mol. The Kier molecular flexibility index (Phi) is 7.05. The van der Waals surface area contributed by atoms with E-state index in [4.69, 9.17) is 0 Å². The van der Waals surface area contributed by atoms with Crippen LogP contribution in [0.25, 0.3) is 0 Å². The quantitative estimate of drug-likeness (QED) is 0.522. The van der Waals surface area contributed by atoms with E-state index in [9.17, 15) is 4.79 Å². The number of pyridine rings is 1. The van der Waals surface area contributed by atoms with Crippen LogP contribution in [-0.2, 0) is 17.0 Å². The molecule has 1 aromatic heterocycles. The molecule has 3 rings (SSSR count). The first kappa shape index (κ1) is 19.2. The fourth-order valence-corrected chi connectivity index (χ4v) is 3.70. The van der Waals surface area contributed by atoms with Crippen LogP contribution in [0.4, 0.5) is 5.69 Å². The fourth-order valence-electron chi connectivity index (χ4n) is 2.85. The van der Waals surface area contributed by atoms with Crippen molar-refractivity contribution in [3.8, 4) is 0 Å². The first-order valence-electron chi connectivity index (χ1n) is 9.21. The molecule has 0 unspecified atom stereocenters. The SMILES string of the molecule is CC[C@@H](Cc1cccnc1)C(=O)Nc1ccc(SCc2ccccc2)cc1. The van der Waals surface area contributed by atoms with E-state index in [1.807, 2.05) is 43.5 Å². The number of hydrogen-bond acceptors (Lipinski definition) is 3. The average molecular weight is 377 g/mol. The molecule has 0 aliphatic heterocycles. The highest BCUT2D eigenvalue weighted by Crippen LogP contribution is 2.24. The van der Waals surface area contributed by atoms with E-state index in [1.54, 1.807) is 18.0 Å². The number of hydrogen-bond donors (Lipinski definition) is 1. The number of aromatic nitrogens is 1. The summed E-state index contributed by atoms with van der Waals surface area (Å²) in [5, 5.41) is 3.05. The summed E-state index contributed by atoms with van der Waals surface area (Å²) in [5.74, 6) is 0.947. The molecule has 1 N–H and O–H groups in total. The molecule has 3 nitrogen and oxygen atoms in total. The van der Waals surface area contributed by atoms with Gasteiger partial charge in [0, 0.05) is 34.6 Å². The van der Waals surface area contributed by atoms with E-state index in [1.165, 1.54) is 10.5 Å². The number of carbonyl (C=O) groups is 1. The maximum Gasteiger partial charge on any atom is 0.227 e. The number of rotatable bonds is 8. The molecule has 0 spiro atoms. The van der Waals surface area contributed by atoms with Gasteiger partial charge in [-0.2, -0.15) is 0 Å². The molecule has 0 saturated carbocycles. The lowest BCUT2D eigenvalue weighted by molar-refractivity contribution is -0.119. The first-order valence-corrected chi connectivity index (χ1v) is 10.2. The lowest BCUT2D eigenvalue weighted by Gasteiger charge is -2.15. The number of carbonyl (C=O) groups excluding carboxylic acids is 1. The third-order valence-corrected chi connectivity index (χ3v) is 5.52. The molecule has 27 heavy (non-hydrogen) atoms. The zero-order chi connectivity index (χ0) is 18.9. The van der Waals surface area contributed by atoms with Gasteiger partial charge in [-0.05, 0) is 54.3 Å². The molecule has 4 heteroatoms. The van der Waals surface area contributed by atoms with E-state index >= 15 is 0 Å². The van der Waals surface area contributed by atoms with Gasteiger partial charge >= 0.3 is 0 Å². The first-order chi connectivity index (χ1) is 13.2. The third-order valence-electron chi connectivity index (χ3n) is 4.44. The predicted octanol–water partition coefficient (Wildman–Crippen LogP) is 5.58. The molecule has 138 valence electrons. The van der Waals surface area contributed by atoms with Gasteiger partial charge in [0.05, 0.1) is 0 Å². The van der Waals surface area contributed by atoms with Crippen LogP contribution in [0.2, 0.25) is 0 Å². The lowest BCUT2D eigenvalue weighted by Crippen LogP contribution is -2.24. The summed E-state index contributed by atoms with van der Waals surface area (Å²) in [4.78, 5) is 17.9. The topological polar surface area (TPSA) is 42.0 Å². The Morgan fingerprint density at radius 3 is 2.41 bits per heavy atom. The van der Waals surface area contributed by atoms with Gasteiger partial charge < -0.3 is 5.32 Å². The van der Waals surface area contributed by atoms with Gasteiger partial charge in [-0.15, -0.1) is 11.8 Å². The molecule has 3 aromatic rings. The molecular formula is C23H24N2OS. The molecular weight excluding hydrogens is 352 g/mol. The Morgan fingerprint density at radius 2 is 1.74 bits per heavy atom. The van der Waals surface area contributed by atoms with Gasteiger partial charge in [0.1, 0.15) is 0 Å². The summed E-state index contributed by atoms with van der Waals surface area (Å²) in [6, 6.07) is 22.4. The molecule has 1 amide bonds. The van der Waals surface area contributed by atoms with E-state index in [2.05, 4.69) is 46.7 Å². The van der Waals surface area contributed by atoms with Crippen molar-refractivity contribution in [3.05, 3.63) is 90.3 Å². The summed E-state index contributed by atoms with van der Waals surface area (Å²) in [7, 11) is 0. The zero-order valence-corrected chi connectivity index (χ0v) is 16.3. The summed E-state index contributed by atoms with van der Waals surface area (Å²) in [6.07, 6.45) is 5.09. The van der Waals surface area contributed by atoms with E-state index in [0.717, 1.165) is 23.4 Å². The van der Waals surface area contributed by atoms with Crippen LogP contribution in [0.3, 0.4) is 0 Å². The number of benzene rings is 2. The second-order valence-electron chi connectivity index (χ2n) is 6.46. The van der Waals surface area contributed by atoms with Crippen LogP contribution in [0, 0.1) is 5.92 Å². The molecule has 0 saturated heterocycles. The minimum absolute atomic E-state index is 0.0543. The van der Waals surface area contributed by atoms with Gasteiger partial charge in [-0.1, -0.05) is 43.3 Å². The lowest BCUT2D eigenvalue weighted by atomic mass is 9.97. The third kappa shape index (κ3) is 5.97. The van der Waals surface area contributed by atoms with Crippen molar-refractivity contribution in [2.75, 3.05) is 5.32 Å². The molecule has 0 bridgehead atoms. The van der Waals surface area contributed by atoms with Crippen molar-refractivity contribution >= 4 is 23.4 Å². The van der Waals surface area contributed by atoms with Crippen LogP contribution < -0.4 is 5.32 Å². The van der Waals surface area contributed by atoms with E-state index in [-0.39, 0.29) is 11.8 Å². The number of amides is 1. The van der Waals surface area contributed by atoms with Gasteiger partial charge in [0.25, 0.3) is 0 Å². The summed E-state index contributed by atoms with van der Waals surface area (Å²) < 4.78 is 0. The van der Waals surface area contributed by atoms with Crippen molar-refractivity contribution in [2.24, 2.45) is 5.92 Å². The smallest absolute Gasteiger partial charge is 0.227 e. The normalized spacial score (nSPS) is 11.7. The van der Waals surface area contributed by atoms with Gasteiger partial charge in [0.15, 0.2) is 0 Å². The zero-order valence-electron chi connectivity index (χ0n) is 15.5. The Hall–Kier alpha value is -2.59. The average Bonchev–Trinajstić information content (AvgIpc) is 2.73. The Morgan fingerprint density at radius 1 is 1.00 bits per heavy atom. The maximum atomic E-state index is 12.6. The minimum atomic E-state index is -0.0543. The fraction of sp³-hybridized carbons (Fsp3) is 0.217. The Bertz CT molecular complexity index is 835. The largest absolute Gasteiger partial charge is 0.326 e. The molecule has 0 aliphatic carbocycles. The van der Waals surface area contributed by atoms with Crippen molar-refractivity contribution in [3.63, 3.8) is 0 Å². The van der Waals surface area contributed by atoms with E-state index < -0.39 is 0 Å². The molecule has 0 fully saturated rings. The van der Waals surface area contributed by atoms with Crippen LogP contribution >= 0.6 is 11.8 Å². The highest BCUT2D eigenvalue weighted by molar-refractivity contribution is 7.98. The molecule has 1 atom stereocenters. The molecule has 0 aliphatic rings. The highest BCUT2D eigenvalue weighted by Gasteiger charge is 2.17. The second kappa shape index (κ2) is 9.93. The number of anilines is 1. The number of thioether (sulfide) groups is 1. The summed E-state index contributed by atoms with van der Waals surface area (Å²) >= 11 is 1.79. The van der Waals surface area contributed by atoms with Crippen molar-refractivity contribution in [2.45, 2.75) is 30.4 Å². The summed E-state index contributed by atoms with van der Waals surface area (Å²) in [5.41, 5.74) is 3.24. The molecule has 0 radical (unpaired) electrons. The Balaban J connectivity index is 1.54. The highest BCUT2D eigenvalue weighted by atomic mass is 32.2. The van der Waals surface area contributed by atoms with Crippen molar-refractivity contribution < 1.29 is 4.79 Å². The Labute approximate surface area is 165 Å². The van der Waals surface area contributed by atoms with Crippen LogP contribution in [0.15, 0.2) is 84.0 Å². The van der Waals surface area contributed by atoms with E-state index in [0.29, 0.717) is 6.42 Å². The van der Waals surface area contributed by atoms with Gasteiger partial charge in [0.2, 0.25) is 5.91 Å². The second-order valence-corrected chi connectivity index (χ2v) is 7.51. The van der Waals surface area contributed by atoms with Crippen LogP contribution in [0.5, 0.6) is 0 Å². The molecule has 1 heterocycles. The number of nitrogens with one attached hydrogen (secondary N) is 1. The van der Waals surface area contributed by atoms with Crippen LogP contribution in [0.1, 0.15) is 24.5 Å². The monoisotopic (exact) mass is 376 g/mol. The maximum absolute atomic E-state index is 12.6. The molecule has 2 aromatic carbocycles. The van der Waals surface area contributed by atoms with Crippen molar-refractivity contribution in [1.29, 1.82) is 0 Å². The minimum Gasteiger partial charge on any atom is -0.326 e. The number of nitrogens with zero attached hydrogens (tertiary/aromatic N) is 1. The summed E-state index contributed by atoms with van der Waals surface area (Å²) in [6.45, 7) is 2.05.